The maximum atomic E-state index is 11.5. The van der Waals surface area contributed by atoms with E-state index in [9.17, 15) is 8.42 Å². The summed E-state index contributed by atoms with van der Waals surface area (Å²) in [5.74, 6) is 1.28. The summed E-state index contributed by atoms with van der Waals surface area (Å²) in [5.41, 5.74) is 5.62. The molecular formula is C11H24N2O2S. The van der Waals surface area contributed by atoms with Gasteiger partial charge in [-0.25, -0.2) is 8.42 Å². The van der Waals surface area contributed by atoms with Crippen LogP contribution in [0.1, 0.15) is 26.2 Å². The van der Waals surface area contributed by atoms with Gasteiger partial charge in [0.2, 0.25) is 0 Å². The van der Waals surface area contributed by atoms with Crippen LogP contribution in [0.4, 0.5) is 0 Å². The lowest BCUT2D eigenvalue weighted by Gasteiger charge is -2.31. The summed E-state index contributed by atoms with van der Waals surface area (Å²) in [6.45, 7) is 5.37. The molecule has 0 bridgehead atoms. The van der Waals surface area contributed by atoms with Crippen molar-refractivity contribution in [3.63, 3.8) is 0 Å². The second kappa shape index (κ2) is 6.57. The van der Waals surface area contributed by atoms with Crippen LogP contribution in [-0.2, 0) is 9.84 Å². The molecule has 1 rings (SSSR count). The van der Waals surface area contributed by atoms with Crippen LogP contribution in [0.15, 0.2) is 0 Å². The SMILES string of the molecule is CCCS(=O)(=O)CCN1CCC(CN)CC1. The fourth-order valence-corrected chi connectivity index (χ4v) is 3.49. The van der Waals surface area contributed by atoms with E-state index in [-0.39, 0.29) is 0 Å². The monoisotopic (exact) mass is 248 g/mol. The van der Waals surface area contributed by atoms with Gasteiger partial charge in [0, 0.05) is 12.3 Å². The lowest BCUT2D eigenvalue weighted by molar-refractivity contribution is 0.196. The zero-order valence-electron chi connectivity index (χ0n) is 10.2. The number of piperidine rings is 1. The van der Waals surface area contributed by atoms with Crippen LogP contribution in [0.25, 0.3) is 0 Å². The van der Waals surface area contributed by atoms with Crippen LogP contribution in [-0.4, -0.2) is 51.0 Å². The minimum atomic E-state index is -2.82. The van der Waals surface area contributed by atoms with Crippen molar-refractivity contribution in [1.82, 2.24) is 4.90 Å². The summed E-state index contributed by atoms with van der Waals surface area (Å²) >= 11 is 0. The molecule has 0 aliphatic carbocycles. The average molecular weight is 248 g/mol. The molecule has 2 N–H and O–H groups in total. The molecular weight excluding hydrogens is 224 g/mol. The first-order chi connectivity index (χ1) is 7.57. The first-order valence-electron chi connectivity index (χ1n) is 6.20. The minimum absolute atomic E-state index is 0.314. The molecule has 0 spiro atoms. The topological polar surface area (TPSA) is 63.4 Å². The zero-order valence-corrected chi connectivity index (χ0v) is 11.0. The zero-order chi connectivity index (χ0) is 12.0. The molecule has 96 valence electrons. The van der Waals surface area contributed by atoms with E-state index >= 15 is 0 Å². The Kier molecular flexibility index (Phi) is 5.72. The summed E-state index contributed by atoms with van der Waals surface area (Å²) in [4.78, 5) is 2.25. The van der Waals surface area contributed by atoms with Gasteiger partial charge >= 0.3 is 0 Å². The van der Waals surface area contributed by atoms with Crippen LogP contribution in [0.3, 0.4) is 0 Å². The molecule has 1 saturated heterocycles. The van der Waals surface area contributed by atoms with Crippen molar-refractivity contribution in [2.45, 2.75) is 26.2 Å². The summed E-state index contributed by atoms with van der Waals surface area (Å²) in [7, 11) is -2.82. The van der Waals surface area contributed by atoms with Gasteiger partial charge < -0.3 is 10.6 Å². The second-order valence-corrected chi connectivity index (χ2v) is 6.98. The van der Waals surface area contributed by atoms with Gasteiger partial charge in [0.05, 0.1) is 5.75 Å². The maximum absolute atomic E-state index is 11.5. The molecule has 1 fully saturated rings. The third-order valence-corrected chi connectivity index (χ3v) is 5.11. The van der Waals surface area contributed by atoms with Crippen LogP contribution < -0.4 is 5.73 Å². The van der Waals surface area contributed by atoms with Gasteiger partial charge in [0.1, 0.15) is 0 Å². The molecule has 0 atom stereocenters. The lowest BCUT2D eigenvalue weighted by atomic mass is 9.97. The molecule has 0 aromatic rings. The summed E-state index contributed by atoms with van der Waals surface area (Å²) in [5, 5.41) is 0. The van der Waals surface area contributed by atoms with Gasteiger partial charge in [-0.15, -0.1) is 0 Å². The Labute approximate surface area is 99.1 Å². The molecule has 0 unspecified atom stereocenters. The predicted octanol–water partition coefficient (Wildman–Crippen LogP) is 0.482. The van der Waals surface area contributed by atoms with Gasteiger partial charge in [0.15, 0.2) is 9.84 Å². The first-order valence-corrected chi connectivity index (χ1v) is 8.02. The van der Waals surface area contributed by atoms with Crippen molar-refractivity contribution in [2.75, 3.05) is 37.7 Å². The number of likely N-dealkylation sites (tertiary alicyclic amines) is 1. The Morgan fingerprint density at radius 2 is 1.88 bits per heavy atom. The third kappa shape index (κ3) is 4.80. The molecule has 1 heterocycles. The standard InChI is InChI=1S/C11H24N2O2S/c1-2-8-16(14,15)9-7-13-5-3-11(10-12)4-6-13/h11H,2-10,12H2,1H3. The fraction of sp³-hybridized carbons (Fsp3) is 1.00. The Bertz CT molecular complexity index is 282. The highest BCUT2D eigenvalue weighted by Crippen LogP contribution is 2.15. The molecule has 16 heavy (non-hydrogen) atoms. The largest absolute Gasteiger partial charge is 0.330 e. The lowest BCUT2D eigenvalue weighted by Crippen LogP contribution is -2.38. The number of nitrogens with two attached hydrogens (primary N) is 1. The molecule has 0 radical (unpaired) electrons. The van der Waals surface area contributed by atoms with Crippen molar-refractivity contribution in [3.8, 4) is 0 Å². The third-order valence-electron chi connectivity index (χ3n) is 3.27. The normalized spacial score (nSPS) is 20.1. The first kappa shape index (κ1) is 13.9. The Hall–Kier alpha value is -0.130. The molecule has 4 nitrogen and oxygen atoms in total. The number of nitrogens with zero attached hydrogens (tertiary/aromatic N) is 1. The van der Waals surface area contributed by atoms with Crippen molar-refractivity contribution in [3.05, 3.63) is 0 Å². The number of sulfone groups is 1. The Morgan fingerprint density at radius 1 is 1.25 bits per heavy atom. The average Bonchev–Trinajstić information content (AvgIpc) is 2.27. The van der Waals surface area contributed by atoms with Gasteiger partial charge in [-0.05, 0) is 44.8 Å². The van der Waals surface area contributed by atoms with Crippen molar-refractivity contribution in [1.29, 1.82) is 0 Å². The van der Waals surface area contributed by atoms with Gasteiger partial charge in [0.25, 0.3) is 0 Å². The molecule has 5 heteroatoms. The fourth-order valence-electron chi connectivity index (χ4n) is 2.13. The summed E-state index contributed by atoms with van der Waals surface area (Å²) in [6.07, 6.45) is 2.95. The second-order valence-electron chi connectivity index (χ2n) is 4.67. The maximum Gasteiger partial charge on any atom is 0.151 e. The van der Waals surface area contributed by atoms with Gasteiger partial charge in [-0.3, -0.25) is 0 Å². The van der Waals surface area contributed by atoms with E-state index in [4.69, 9.17) is 5.73 Å². The van der Waals surface area contributed by atoms with Gasteiger partial charge in [-0.2, -0.15) is 0 Å². The number of rotatable bonds is 6. The van der Waals surface area contributed by atoms with E-state index in [1.54, 1.807) is 0 Å². The number of hydrogen-bond acceptors (Lipinski definition) is 4. The Morgan fingerprint density at radius 3 is 2.38 bits per heavy atom. The van der Waals surface area contributed by atoms with Crippen LogP contribution in [0, 0.1) is 5.92 Å². The molecule has 0 aromatic heterocycles. The van der Waals surface area contributed by atoms with Crippen LogP contribution >= 0.6 is 0 Å². The van der Waals surface area contributed by atoms with E-state index in [0.29, 0.717) is 24.0 Å². The minimum Gasteiger partial charge on any atom is -0.330 e. The predicted molar refractivity (Wildman–Crippen MR) is 67.2 cm³/mol. The highest BCUT2D eigenvalue weighted by Gasteiger charge is 2.19. The van der Waals surface area contributed by atoms with E-state index < -0.39 is 9.84 Å². The summed E-state index contributed by atoms with van der Waals surface area (Å²) < 4.78 is 23.1. The van der Waals surface area contributed by atoms with E-state index in [1.807, 2.05) is 6.92 Å². The molecule has 0 saturated carbocycles. The quantitative estimate of drug-likeness (QED) is 0.743. The van der Waals surface area contributed by atoms with Crippen molar-refractivity contribution < 1.29 is 8.42 Å². The number of hydrogen-bond donors (Lipinski definition) is 1. The van der Waals surface area contributed by atoms with E-state index in [0.717, 1.165) is 38.9 Å². The highest BCUT2D eigenvalue weighted by atomic mass is 32.2. The molecule has 1 aliphatic heterocycles. The highest BCUT2D eigenvalue weighted by molar-refractivity contribution is 7.91. The molecule has 0 aromatic carbocycles. The smallest absolute Gasteiger partial charge is 0.151 e. The molecule has 1 aliphatic rings. The Balaban J connectivity index is 2.24. The van der Waals surface area contributed by atoms with Crippen LogP contribution in [0.5, 0.6) is 0 Å². The van der Waals surface area contributed by atoms with Crippen molar-refractivity contribution in [2.24, 2.45) is 11.7 Å². The van der Waals surface area contributed by atoms with Crippen LogP contribution in [0.2, 0.25) is 0 Å². The van der Waals surface area contributed by atoms with E-state index in [1.165, 1.54) is 0 Å². The van der Waals surface area contributed by atoms with Gasteiger partial charge in [-0.1, -0.05) is 6.92 Å². The van der Waals surface area contributed by atoms with E-state index in [2.05, 4.69) is 4.90 Å². The van der Waals surface area contributed by atoms with Crippen molar-refractivity contribution >= 4 is 9.84 Å². The molecule has 0 amide bonds. The summed E-state index contributed by atoms with van der Waals surface area (Å²) in [6, 6.07) is 0.